The van der Waals surface area contributed by atoms with E-state index >= 15 is 0 Å². The summed E-state index contributed by atoms with van der Waals surface area (Å²) in [6.07, 6.45) is 1.81. The first-order chi connectivity index (χ1) is 10.6. The van der Waals surface area contributed by atoms with E-state index in [1.54, 1.807) is 5.43 Å². The molecule has 0 fully saturated rings. The van der Waals surface area contributed by atoms with Gasteiger partial charge in [-0.25, -0.2) is 10.8 Å². The van der Waals surface area contributed by atoms with Crippen molar-refractivity contribution in [2.24, 2.45) is 5.84 Å². The molecule has 0 radical (unpaired) electrons. The van der Waals surface area contributed by atoms with Gasteiger partial charge in [-0.15, -0.1) is 10.2 Å². The van der Waals surface area contributed by atoms with Crippen LogP contribution in [0.1, 0.15) is 16.8 Å². The van der Waals surface area contributed by atoms with Gasteiger partial charge in [0.2, 0.25) is 6.41 Å². The molecule has 0 saturated heterocycles. The van der Waals surface area contributed by atoms with Crippen LogP contribution in [0.4, 0.5) is 5.69 Å². The minimum Gasteiger partial charge on any atom is -0.470 e. The average molecular weight is 304 g/mol. The summed E-state index contributed by atoms with van der Waals surface area (Å²) in [5.41, 5.74) is 5.84. The molecule has 1 amide bonds. The van der Waals surface area contributed by atoms with Crippen LogP contribution in [0, 0.1) is 13.8 Å². The third kappa shape index (κ3) is 4.98. The summed E-state index contributed by atoms with van der Waals surface area (Å²) in [6, 6.07) is 6.09. The maximum atomic E-state index is 8.94. The number of amides is 1. The molecule has 0 aliphatic carbocycles. The van der Waals surface area contributed by atoms with E-state index in [2.05, 4.69) is 39.3 Å². The van der Waals surface area contributed by atoms with Gasteiger partial charge < -0.3 is 10.1 Å². The lowest BCUT2D eigenvalue weighted by molar-refractivity contribution is -0.109. The highest BCUT2D eigenvalue weighted by molar-refractivity contribution is 5.53. The molecule has 0 saturated carbocycles. The number of nitrogens with zero attached hydrogens (tertiary/aromatic N) is 3. The molecule has 1 heterocycles. The van der Waals surface area contributed by atoms with Crippen molar-refractivity contribution in [3.8, 4) is 5.88 Å². The molecular weight excluding hydrogens is 284 g/mol. The number of carbonyl (C=O) groups excluding carboxylic acids is 1. The molecule has 2 aromatic rings. The van der Waals surface area contributed by atoms with E-state index in [1.807, 2.05) is 26.1 Å². The van der Waals surface area contributed by atoms with Crippen LogP contribution in [0.25, 0.3) is 0 Å². The third-order valence-electron chi connectivity index (χ3n) is 2.86. The number of rotatable bonds is 5. The first-order valence-electron chi connectivity index (χ1n) is 6.57. The van der Waals surface area contributed by atoms with E-state index in [9.17, 15) is 0 Å². The van der Waals surface area contributed by atoms with Gasteiger partial charge in [-0.2, -0.15) is 0 Å². The summed E-state index contributed by atoms with van der Waals surface area (Å²) in [5.74, 6) is 4.88. The highest BCUT2D eigenvalue weighted by atomic mass is 16.5. The summed E-state index contributed by atoms with van der Waals surface area (Å²) in [5, 5.41) is 10.8. The number of hydrogen-bond donors (Lipinski definition) is 3. The summed E-state index contributed by atoms with van der Waals surface area (Å²) < 4.78 is 5.67. The first-order valence-corrected chi connectivity index (χ1v) is 6.57. The van der Waals surface area contributed by atoms with Gasteiger partial charge in [0.15, 0.2) is 0 Å². The zero-order valence-electron chi connectivity index (χ0n) is 12.8. The zero-order valence-corrected chi connectivity index (χ0v) is 12.8. The molecule has 22 heavy (non-hydrogen) atoms. The fraction of sp³-hybridized carbons (Fsp3) is 0.286. The van der Waals surface area contributed by atoms with Crippen LogP contribution in [0.5, 0.6) is 5.88 Å². The minimum absolute atomic E-state index is 0.403. The van der Waals surface area contributed by atoms with Crippen molar-refractivity contribution in [2.75, 3.05) is 12.4 Å². The second kappa shape index (κ2) is 9.24. The molecule has 0 bridgehead atoms. The van der Waals surface area contributed by atoms with Crippen molar-refractivity contribution >= 4 is 12.1 Å². The van der Waals surface area contributed by atoms with Crippen molar-refractivity contribution in [3.63, 3.8) is 0 Å². The molecule has 0 aliphatic heterocycles. The van der Waals surface area contributed by atoms with E-state index in [4.69, 9.17) is 9.53 Å². The monoisotopic (exact) mass is 304 g/mol. The van der Waals surface area contributed by atoms with Crippen molar-refractivity contribution in [1.29, 1.82) is 0 Å². The Kier molecular flexibility index (Phi) is 7.27. The van der Waals surface area contributed by atoms with Crippen LogP contribution in [-0.2, 0) is 11.4 Å². The molecule has 0 atom stereocenters. The lowest BCUT2D eigenvalue weighted by Crippen LogP contribution is -2.18. The van der Waals surface area contributed by atoms with Gasteiger partial charge in [0.25, 0.3) is 5.88 Å². The SMILES string of the molecule is CNc1cccc(C)c1COc1nncnc1C.NNC=O. The maximum Gasteiger partial charge on any atom is 0.255 e. The van der Waals surface area contributed by atoms with E-state index in [0.717, 1.165) is 16.9 Å². The number of benzene rings is 1. The summed E-state index contributed by atoms with van der Waals surface area (Å²) in [4.78, 5) is 13.0. The van der Waals surface area contributed by atoms with Crippen molar-refractivity contribution in [1.82, 2.24) is 20.6 Å². The number of hydrazine groups is 1. The molecule has 0 aliphatic rings. The summed E-state index contributed by atoms with van der Waals surface area (Å²) >= 11 is 0. The highest BCUT2D eigenvalue weighted by Gasteiger charge is 2.07. The van der Waals surface area contributed by atoms with Crippen LogP contribution in [0.15, 0.2) is 24.5 Å². The van der Waals surface area contributed by atoms with Crippen molar-refractivity contribution in [3.05, 3.63) is 41.3 Å². The van der Waals surface area contributed by atoms with Crippen molar-refractivity contribution < 1.29 is 9.53 Å². The van der Waals surface area contributed by atoms with Crippen LogP contribution in [0.2, 0.25) is 0 Å². The fourth-order valence-corrected chi connectivity index (χ4v) is 1.72. The van der Waals surface area contributed by atoms with Crippen LogP contribution < -0.4 is 21.3 Å². The van der Waals surface area contributed by atoms with E-state index < -0.39 is 0 Å². The Labute approximate surface area is 129 Å². The predicted molar refractivity (Wildman–Crippen MR) is 83.0 cm³/mol. The number of anilines is 1. The van der Waals surface area contributed by atoms with Gasteiger partial charge in [-0.3, -0.25) is 10.2 Å². The van der Waals surface area contributed by atoms with Gasteiger partial charge in [0.05, 0.1) is 0 Å². The molecule has 1 aromatic heterocycles. The topological polar surface area (TPSA) is 115 Å². The first kappa shape index (κ1) is 17.3. The number of nitrogens with two attached hydrogens (primary N) is 1. The Morgan fingerprint density at radius 2 is 2.09 bits per heavy atom. The number of hydrogen-bond acceptors (Lipinski definition) is 7. The van der Waals surface area contributed by atoms with Gasteiger partial charge in [0, 0.05) is 18.3 Å². The summed E-state index contributed by atoms with van der Waals surface area (Å²) in [6.45, 7) is 4.35. The Hall–Kier alpha value is -2.74. The maximum absolute atomic E-state index is 8.94. The van der Waals surface area contributed by atoms with Crippen LogP contribution in [0.3, 0.4) is 0 Å². The molecule has 8 heteroatoms. The smallest absolute Gasteiger partial charge is 0.255 e. The van der Waals surface area contributed by atoms with Gasteiger partial charge in [0.1, 0.15) is 18.6 Å². The molecular formula is C14H20N6O2. The second-order valence-corrected chi connectivity index (χ2v) is 4.27. The van der Waals surface area contributed by atoms with E-state index in [0.29, 0.717) is 18.9 Å². The number of aryl methyl sites for hydroxylation is 2. The number of carbonyl (C=O) groups is 1. The average Bonchev–Trinajstić information content (AvgIpc) is 2.55. The molecule has 8 nitrogen and oxygen atoms in total. The van der Waals surface area contributed by atoms with Crippen LogP contribution in [-0.4, -0.2) is 28.6 Å². The Morgan fingerprint density at radius 1 is 1.36 bits per heavy atom. The van der Waals surface area contributed by atoms with Gasteiger partial charge >= 0.3 is 0 Å². The fourth-order valence-electron chi connectivity index (χ4n) is 1.72. The Bertz CT molecular complexity index is 606. The normalized spacial score (nSPS) is 9.27. The molecule has 1 aromatic carbocycles. The largest absolute Gasteiger partial charge is 0.470 e. The third-order valence-corrected chi connectivity index (χ3v) is 2.86. The number of ether oxygens (including phenoxy) is 1. The second-order valence-electron chi connectivity index (χ2n) is 4.27. The predicted octanol–water partition coefficient (Wildman–Crippen LogP) is 0.715. The molecule has 118 valence electrons. The highest BCUT2D eigenvalue weighted by Crippen LogP contribution is 2.21. The standard InChI is InChI=1S/C13H16N4O.CH4N2O/c1-9-5-4-6-12(14-3)11(9)7-18-13-10(2)15-8-16-17-13;2-3-1-4/h4-6,8,14H,7H2,1-3H3;1H,2H2,(H,3,4). The van der Waals surface area contributed by atoms with Gasteiger partial charge in [-0.1, -0.05) is 12.1 Å². The van der Waals surface area contributed by atoms with Gasteiger partial charge in [-0.05, 0) is 25.5 Å². The van der Waals surface area contributed by atoms with Crippen molar-refractivity contribution in [2.45, 2.75) is 20.5 Å². The number of aromatic nitrogens is 3. The minimum atomic E-state index is 0.403. The van der Waals surface area contributed by atoms with E-state index in [1.165, 1.54) is 11.9 Å². The lowest BCUT2D eigenvalue weighted by atomic mass is 10.1. The Balaban J connectivity index is 0.000000541. The summed E-state index contributed by atoms with van der Waals surface area (Å²) in [7, 11) is 1.90. The van der Waals surface area contributed by atoms with E-state index in [-0.39, 0.29) is 0 Å². The molecule has 4 N–H and O–H groups in total. The molecule has 0 spiro atoms. The quantitative estimate of drug-likeness (QED) is 0.322. The lowest BCUT2D eigenvalue weighted by Gasteiger charge is -2.13. The molecule has 2 rings (SSSR count). The number of nitrogens with one attached hydrogen (secondary N) is 2. The molecule has 0 unspecified atom stereocenters. The van der Waals surface area contributed by atoms with Crippen LogP contribution >= 0.6 is 0 Å². The Morgan fingerprint density at radius 3 is 2.68 bits per heavy atom. The zero-order chi connectivity index (χ0) is 16.4.